The second-order valence-electron chi connectivity index (χ2n) is 3.32. The molecular weight excluding hydrogens is 194 g/mol. The van der Waals surface area contributed by atoms with Crippen molar-refractivity contribution in [3.63, 3.8) is 0 Å². The lowest BCUT2D eigenvalue weighted by Crippen LogP contribution is -2.10. The fraction of sp³-hybridized carbons (Fsp3) is 0.400. The molecule has 1 unspecified atom stereocenters. The Labute approximate surface area is 88.5 Å². The number of ether oxygens (including phenoxy) is 1. The summed E-state index contributed by atoms with van der Waals surface area (Å²) in [5.41, 5.74) is 6.59. The summed E-state index contributed by atoms with van der Waals surface area (Å²) in [6.45, 7) is 1.85. The summed E-state index contributed by atoms with van der Waals surface area (Å²) in [6.07, 6.45) is 5.30. The van der Waals surface area contributed by atoms with Crippen LogP contribution in [0.4, 0.5) is 0 Å². The third-order valence-electron chi connectivity index (χ3n) is 1.82. The monoisotopic (exact) mass is 209 g/mol. The molecule has 1 aromatic rings. The van der Waals surface area contributed by atoms with Gasteiger partial charge in [0, 0.05) is 24.8 Å². The number of esters is 1. The van der Waals surface area contributed by atoms with E-state index in [9.17, 15) is 4.79 Å². The summed E-state index contributed by atoms with van der Waals surface area (Å²) in [6, 6.07) is -0.0595. The van der Waals surface area contributed by atoms with Crippen LogP contribution in [-0.2, 0) is 11.8 Å². The fourth-order valence-corrected chi connectivity index (χ4v) is 1.14. The molecular formula is C10H15N3O2. The van der Waals surface area contributed by atoms with E-state index in [1.54, 1.807) is 30.1 Å². The molecule has 15 heavy (non-hydrogen) atoms. The summed E-state index contributed by atoms with van der Waals surface area (Å²) < 4.78 is 6.18. The van der Waals surface area contributed by atoms with Gasteiger partial charge < -0.3 is 10.5 Å². The molecule has 5 nitrogen and oxygen atoms in total. The molecule has 2 N–H and O–H groups in total. The minimum atomic E-state index is -0.445. The van der Waals surface area contributed by atoms with Crippen molar-refractivity contribution in [1.82, 2.24) is 9.78 Å². The van der Waals surface area contributed by atoms with E-state index < -0.39 is 5.97 Å². The number of rotatable bonds is 3. The molecule has 1 rings (SSSR count). The van der Waals surface area contributed by atoms with Gasteiger partial charge in [0.2, 0.25) is 0 Å². The molecule has 82 valence electrons. The van der Waals surface area contributed by atoms with Crippen molar-refractivity contribution in [3.8, 4) is 0 Å². The van der Waals surface area contributed by atoms with Gasteiger partial charge in [-0.3, -0.25) is 4.68 Å². The highest BCUT2D eigenvalue weighted by Gasteiger charge is 2.14. The highest BCUT2D eigenvalue weighted by atomic mass is 16.5. The van der Waals surface area contributed by atoms with Crippen molar-refractivity contribution in [2.75, 3.05) is 7.11 Å². The predicted molar refractivity (Wildman–Crippen MR) is 57.2 cm³/mol. The molecule has 1 aromatic heterocycles. The van der Waals surface area contributed by atoms with Gasteiger partial charge in [-0.2, -0.15) is 5.10 Å². The Kier molecular flexibility index (Phi) is 3.62. The third kappa shape index (κ3) is 2.92. The molecule has 0 aliphatic rings. The Morgan fingerprint density at radius 1 is 1.73 bits per heavy atom. The average Bonchev–Trinajstić information content (AvgIpc) is 2.55. The first-order chi connectivity index (χ1) is 7.04. The maximum atomic E-state index is 11.3. The highest BCUT2D eigenvalue weighted by molar-refractivity contribution is 5.91. The van der Waals surface area contributed by atoms with Crippen LogP contribution < -0.4 is 5.73 Å². The van der Waals surface area contributed by atoms with Gasteiger partial charge in [-0.15, -0.1) is 0 Å². The van der Waals surface area contributed by atoms with Crippen molar-refractivity contribution in [2.24, 2.45) is 12.8 Å². The van der Waals surface area contributed by atoms with E-state index in [4.69, 9.17) is 5.73 Å². The maximum absolute atomic E-state index is 11.3. The van der Waals surface area contributed by atoms with Gasteiger partial charge in [0.1, 0.15) is 0 Å². The number of methoxy groups -OCH3 is 1. The van der Waals surface area contributed by atoms with E-state index >= 15 is 0 Å². The Morgan fingerprint density at radius 3 is 2.93 bits per heavy atom. The summed E-state index contributed by atoms with van der Waals surface area (Å²) in [7, 11) is 3.08. The van der Waals surface area contributed by atoms with Crippen molar-refractivity contribution in [3.05, 3.63) is 23.5 Å². The largest absolute Gasteiger partial charge is 0.464 e. The number of aryl methyl sites for hydroxylation is 1. The number of carbonyl (C=O) groups excluding carboxylic acids is 1. The van der Waals surface area contributed by atoms with Gasteiger partial charge in [0.15, 0.2) is 5.69 Å². The van der Waals surface area contributed by atoms with Crippen molar-refractivity contribution in [1.29, 1.82) is 0 Å². The number of aromatic nitrogens is 2. The summed E-state index contributed by atoms with van der Waals surface area (Å²) in [4.78, 5) is 11.3. The van der Waals surface area contributed by atoms with E-state index in [1.807, 2.05) is 6.92 Å². The van der Waals surface area contributed by atoms with Crippen LogP contribution in [0.1, 0.15) is 23.0 Å². The number of hydrogen-bond donors (Lipinski definition) is 1. The molecule has 1 heterocycles. The molecule has 5 heteroatoms. The second kappa shape index (κ2) is 4.75. The molecule has 0 saturated carbocycles. The minimum Gasteiger partial charge on any atom is -0.464 e. The quantitative estimate of drug-likeness (QED) is 0.739. The maximum Gasteiger partial charge on any atom is 0.359 e. The van der Waals surface area contributed by atoms with E-state index in [0.29, 0.717) is 11.3 Å². The lowest BCUT2D eigenvalue weighted by molar-refractivity contribution is 0.0593. The Balaban J connectivity index is 3.01. The van der Waals surface area contributed by atoms with Crippen LogP contribution in [0.5, 0.6) is 0 Å². The first-order valence-corrected chi connectivity index (χ1v) is 4.60. The van der Waals surface area contributed by atoms with Gasteiger partial charge in [0.25, 0.3) is 0 Å². The van der Waals surface area contributed by atoms with Crippen LogP contribution in [0.2, 0.25) is 0 Å². The van der Waals surface area contributed by atoms with E-state index in [-0.39, 0.29) is 6.04 Å². The molecule has 0 aliphatic heterocycles. The summed E-state index contributed by atoms with van der Waals surface area (Å²) in [5, 5.41) is 4.01. The fourth-order valence-electron chi connectivity index (χ4n) is 1.14. The van der Waals surface area contributed by atoms with Crippen molar-refractivity contribution in [2.45, 2.75) is 13.0 Å². The minimum absolute atomic E-state index is 0.0595. The zero-order valence-electron chi connectivity index (χ0n) is 9.10. The van der Waals surface area contributed by atoms with Gasteiger partial charge in [0.05, 0.1) is 7.11 Å². The molecule has 0 aromatic carbocycles. The molecule has 0 bridgehead atoms. The number of hydrogen-bond acceptors (Lipinski definition) is 4. The van der Waals surface area contributed by atoms with Crippen LogP contribution >= 0.6 is 0 Å². The molecule has 0 spiro atoms. The Hall–Kier alpha value is -1.62. The van der Waals surface area contributed by atoms with Gasteiger partial charge in [-0.05, 0) is 6.92 Å². The van der Waals surface area contributed by atoms with Gasteiger partial charge in [-0.1, -0.05) is 12.2 Å². The number of nitrogens with zero attached hydrogens (tertiary/aromatic N) is 2. The second-order valence-corrected chi connectivity index (χ2v) is 3.32. The SMILES string of the molecule is COC(=O)c1nn(C)cc1/C=C/C(C)N. The molecule has 0 fully saturated rings. The van der Waals surface area contributed by atoms with Crippen LogP contribution in [-0.4, -0.2) is 28.9 Å². The molecule has 1 atom stereocenters. The topological polar surface area (TPSA) is 70.1 Å². The lowest BCUT2D eigenvalue weighted by atomic mass is 10.2. The van der Waals surface area contributed by atoms with E-state index in [0.717, 1.165) is 0 Å². The summed E-state index contributed by atoms with van der Waals surface area (Å²) >= 11 is 0. The van der Waals surface area contributed by atoms with Crippen molar-refractivity contribution >= 4 is 12.0 Å². The number of nitrogens with two attached hydrogens (primary N) is 1. The first-order valence-electron chi connectivity index (χ1n) is 4.60. The highest BCUT2D eigenvalue weighted by Crippen LogP contribution is 2.10. The third-order valence-corrected chi connectivity index (χ3v) is 1.82. The Bertz CT molecular complexity index is 380. The normalized spacial score (nSPS) is 13.1. The Morgan fingerprint density at radius 2 is 2.40 bits per heavy atom. The zero-order valence-corrected chi connectivity index (χ0v) is 9.10. The van der Waals surface area contributed by atoms with Crippen molar-refractivity contribution < 1.29 is 9.53 Å². The standard InChI is InChI=1S/C10H15N3O2/c1-7(11)4-5-8-6-13(2)12-9(8)10(14)15-3/h4-7H,11H2,1-3H3/b5-4+. The lowest BCUT2D eigenvalue weighted by Gasteiger charge is -1.96. The molecule has 0 saturated heterocycles. The van der Waals surface area contributed by atoms with Crippen LogP contribution in [0.15, 0.2) is 12.3 Å². The zero-order chi connectivity index (χ0) is 11.4. The van der Waals surface area contributed by atoms with E-state index in [2.05, 4.69) is 9.84 Å². The number of carbonyl (C=O) groups is 1. The van der Waals surface area contributed by atoms with Gasteiger partial charge >= 0.3 is 5.97 Å². The van der Waals surface area contributed by atoms with E-state index in [1.165, 1.54) is 7.11 Å². The molecule has 0 aliphatic carbocycles. The van der Waals surface area contributed by atoms with Gasteiger partial charge in [-0.25, -0.2) is 4.79 Å². The van der Waals surface area contributed by atoms with Crippen LogP contribution in [0.25, 0.3) is 6.08 Å². The predicted octanol–water partition coefficient (Wildman–Crippen LogP) is 0.567. The van der Waals surface area contributed by atoms with Crippen LogP contribution in [0, 0.1) is 0 Å². The molecule has 0 amide bonds. The summed E-state index contributed by atoms with van der Waals surface area (Å²) in [5.74, 6) is -0.445. The smallest absolute Gasteiger partial charge is 0.359 e. The molecule has 0 radical (unpaired) electrons. The van der Waals surface area contributed by atoms with Crippen LogP contribution in [0.3, 0.4) is 0 Å². The first kappa shape index (κ1) is 11.5. The average molecular weight is 209 g/mol.